The second-order valence-corrected chi connectivity index (χ2v) is 12.8. The van der Waals surface area contributed by atoms with Crippen molar-refractivity contribution in [1.82, 2.24) is 4.98 Å². The van der Waals surface area contributed by atoms with Gasteiger partial charge >= 0.3 is 6.29 Å². The number of aliphatic hydroxyl groups is 1. The Kier molecular flexibility index (Phi) is 7.77. The molecule has 1 aliphatic rings. The van der Waals surface area contributed by atoms with Crippen LogP contribution < -0.4 is 14.6 Å². The van der Waals surface area contributed by atoms with Gasteiger partial charge in [0.2, 0.25) is 0 Å². The zero-order valence-corrected chi connectivity index (χ0v) is 23.7. The zero-order chi connectivity index (χ0) is 28.0. The summed E-state index contributed by atoms with van der Waals surface area (Å²) < 4.78 is 40.9. The number of rotatable bonds is 7. The molecule has 3 aromatic rings. The summed E-state index contributed by atoms with van der Waals surface area (Å²) in [6, 6.07) is 8.68. The molecule has 204 valence electrons. The van der Waals surface area contributed by atoms with E-state index in [0.717, 1.165) is 22.3 Å². The lowest BCUT2D eigenvalue weighted by Gasteiger charge is -2.21. The summed E-state index contributed by atoms with van der Waals surface area (Å²) in [7, 11) is -1.24. The maximum Gasteiger partial charge on any atom is 0.586 e. The fraction of sp³-hybridized carbons (Fsp3) is 0.407. The summed E-state index contributed by atoms with van der Waals surface area (Å²) in [5, 5.41) is 16.4. The molecule has 38 heavy (non-hydrogen) atoms. The SMILES string of the molecule is CC(C)c1cc(-c2ccc3c(c2)OC(F)(F)O3)cc(C(C)C)c1CC(=O)/N=S(\N)c1ncc(C(C)(C)O)s1. The molecule has 0 spiro atoms. The molecule has 1 atom stereocenters. The van der Waals surface area contributed by atoms with Crippen LogP contribution in [0, 0.1) is 0 Å². The lowest BCUT2D eigenvalue weighted by molar-refractivity contribution is -0.286. The number of amides is 1. The smallest absolute Gasteiger partial charge is 0.395 e. The summed E-state index contributed by atoms with van der Waals surface area (Å²) in [5.41, 5.74) is 3.29. The number of halogens is 2. The van der Waals surface area contributed by atoms with Crippen molar-refractivity contribution in [3.8, 4) is 22.6 Å². The Morgan fingerprint density at radius 3 is 2.26 bits per heavy atom. The van der Waals surface area contributed by atoms with E-state index in [0.29, 0.717) is 14.8 Å². The molecule has 0 saturated carbocycles. The number of ether oxygens (including phenoxy) is 2. The Labute approximate surface area is 227 Å². The molecule has 0 radical (unpaired) electrons. The number of benzene rings is 2. The molecule has 0 bridgehead atoms. The monoisotopic (exact) mass is 563 g/mol. The minimum absolute atomic E-state index is 0.0113. The van der Waals surface area contributed by atoms with E-state index in [1.807, 2.05) is 39.8 Å². The Hall–Kier alpha value is -2.73. The van der Waals surface area contributed by atoms with Gasteiger partial charge < -0.3 is 14.6 Å². The van der Waals surface area contributed by atoms with E-state index in [9.17, 15) is 18.7 Å². The highest BCUT2D eigenvalue weighted by Gasteiger charge is 2.43. The maximum atomic E-state index is 13.5. The first-order valence-electron chi connectivity index (χ1n) is 12.1. The van der Waals surface area contributed by atoms with Crippen LogP contribution in [0.1, 0.15) is 74.9 Å². The van der Waals surface area contributed by atoms with Gasteiger partial charge in [0.1, 0.15) is 0 Å². The summed E-state index contributed by atoms with van der Waals surface area (Å²) in [5.74, 6) is -0.232. The molecule has 7 nitrogen and oxygen atoms in total. The first-order valence-corrected chi connectivity index (χ1v) is 14.2. The van der Waals surface area contributed by atoms with E-state index < -0.39 is 22.8 Å². The van der Waals surface area contributed by atoms with E-state index in [-0.39, 0.29) is 35.7 Å². The molecule has 2 heterocycles. The number of nitrogens with two attached hydrogens (primary N) is 1. The van der Waals surface area contributed by atoms with Crippen molar-refractivity contribution in [2.75, 3.05) is 0 Å². The second kappa shape index (κ2) is 10.4. The van der Waals surface area contributed by atoms with Crippen molar-refractivity contribution >= 4 is 28.1 Å². The summed E-state index contributed by atoms with van der Waals surface area (Å²) in [6.07, 6.45) is -2.06. The third kappa shape index (κ3) is 6.12. The van der Waals surface area contributed by atoms with Crippen LogP contribution in [0.4, 0.5) is 8.78 Å². The third-order valence-corrected chi connectivity index (χ3v) is 8.82. The molecule has 1 unspecified atom stereocenters. The molecule has 1 aliphatic heterocycles. The van der Waals surface area contributed by atoms with Gasteiger partial charge in [-0.3, -0.25) is 9.93 Å². The van der Waals surface area contributed by atoms with Crippen molar-refractivity contribution in [1.29, 1.82) is 0 Å². The predicted octanol–water partition coefficient (Wildman–Crippen LogP) is 6.41. The van der Waals surface area contributed by atoms with Gasteiger partial charge in [-0.15, -0.1) is 20.1 Å². The van der Waals surface area contributed by atoms with Crippen LogP contribution in [0.5, 0.6) is 11.5 Å². The molecule has 2 aromatic carbocycles. The van der Waals surface area contributed by atoms with Gasteiger partial charge in [0, 0.05) is 17.1 Å². The molecule has 1 amide bonds. The standard InChI is InChI=1S/C27H31F2N3O4S2/c1-14(2)18-9-17(16-7-8-21-22(11-16)36-27(28,29)35-21)10-19(15(3)4)20(18)12-24(33)32-38(30)25-31-13-23(37-25)26(5,6)34/h7-11,13-15,34H,12H2,1-6H3,(H2,30,32,33). The highest BCUT2D eigenvalue weighted by Crippen LogP contribution is 2.44. The lowest BCUT2D eigenvalue weighted by atomic mass is 9.84. The number of fused-ring (bicyclic) bond motifs is 1. The zero-order valence-electron chi connectivity index (χ0n) is 22.0. The number of alkyl halides is 2. The van der Waals surface area contributed by atoms with Crippen LogP contribution in [0.25, 0.3) is 11.1 Å². The number of carbonyl (C=O) groups excluding carboxylic acids is 1. The normalized spacial score (nSPS) is 15.5. The van der Waals surface area contributed by atoms with Crippen LogP contribution in [0.15, 0.2) is 45.2 Å². The lowest BCUT2D eigenvalue weighted by Crippen LogP contribution is -2.25. The van der Waals surface area contributed by atoms with Gasteiger partial charge in [0.05, 0.1) is 16.9 Å². The van der Waals surface area contributed by atoms with Crippen LogP contribution in [0.3, 0.4) is 0 Å². The molecular formula is C27H31F2N3O4S2. The summed E-state index contributed by atoms with van der Waals surface area (Å²) in [6.45, 7) is 11.5. The Balaban J connectivity index is 1.68. The number of hydrogen-bond donors (Lipinski definition) is 2. The molecule has 4 rings (SSSR count). The van der Waals surface area contributed by atoms with Crippen LogP contribution in [-0.2, 0) is 27.7 Å². The molecule has 11 heteroatoms. The Bertz CT molecular complexity index is 1380. The van der Waals surface area contributed by atoms with Gasteiger partial charge in [-0.05, 0) is 65.6 Å². The van der Waals surface area contributed by atoms with Crippen molar-refractivity contribution in [3.63, 3.8) is 0 Å². The first kappa shape index (κ1) is 28.3. The molecular weight excluding hydrogens is 532 g/mol. The number of aromatic nitrogens is 1. The van der Waals surface area contributed by atoms with Gasteiger partial charge in [0.25, 0.3) is 5.91 Å². The number of carbonyl (C=O) groups is 1. The average Bonchev–Trinajstić information content (AvgIpc) is 3.41. The van der Waals surface area contributed by atoms with Gasteiger partial charge in [-0.25, -0.2) is 4.98 Å². The van der Waals surface area contributed by atoms with E-state index >= 15 is 0 Å². The molecule has 0 saturated heterocycles. The van der Waals surface area contributed by atoms with E-state index in [2.05, 4.69) is 18.8 Å². The summed E-state index contributed by atoms with van der Waals surface area (Å²) >= 11 is 1.23. The van der Waals surface area contributed by atoms with Crippen molar-refractivity contribution < 1.29 is 28.2 Å². The van der Waals surface area contributed by atoms with Crippen LogP contribution in [-0.4, -0.2) is 22.3 Å². The van der Waals surface area contributed by atoms with Crippen LogP contribution >= 0.6 is 11.3 Å². The third-order valence-electron chi connectivity index (χ3n) is 6.09. The van der Waals surface area contributed by atoms with Gasteiger partial charge in [-0.1, -0.05) is 45.9 Å². The van der Waals surface area contributed by atoms with E-state index in [1.54, 1.807) is 26.1 Å². The Morgan fingerprint density at radius 1 is 1.11 bits per heavy atom. The molecule has 0 fully saturated rings. The van der Waals surface area contributed by atoms with E-state index in [4.69, 9.17) is 5.14 Å². The van der Waals surface area contributed by atoms with Crippen LogP contribution in [0.2, 0.25) is 0 Å². The van der Waals surface area contributed by atoms with Crippen molar-refractivity contribution in [2.45, 2.75) is 76.0 Å². The minimum atomic E-state index is -3.68. The topological polar surface area (TPSA) is 107 Å². The average molecular weight is 564 g/mol. The molecule has 1 aromatic heterocycles. The quantitative estimate of drug-likeness (QED) is 0.344. The predicted molar refractivity (Wildman–Crippen MR) is 145 cm³/mol. The van der Waals surface area contributed by atoms with Crippen molar-refractivity contribution in [3.05, 3.63) is 58.1 Å². The Morgan fingerprint density at radius 2 is 1.71 bits per heavy atom. The largest absolute Gasteiger partial charge is 0.586 e. The number of hydrogen-bond acceptors (Lipinski definition) is 6. The molecule has 3 N–H and O–H groups in total. The highest BCUT2D eigenvalue weighted by molar-refractivity contribution is 7.87. The number of nitrogens with zero attached hydrogens (tertiary/aromatic N) is 2. The van der Waals surface area contributed by atoms with E-state index in [1.165, 1.54) is 23.5 Å². The second-order valence-electron chi connectivity index (χ2n) is 10.3. The maximum absolute atomic E-state index is 13.5. The first-order chi connectivity index (χ1) is 17.6. The summed E-state index contributed by atoms with van der Waals surface area (Å²) in [4.78, 5) is 18.0. The minimum Gasteiger partial charge on any atom is -0.395 e. The fourth-order valence-corrected chi connectivity index (χ4v) is 6.11. The fourth-order valence-electron chi connectivity index (χ4n) is 4.22. The van der Waals surface area contributed by atoms with Gasteiger partial charge in [-0.2, -0.15) is 4.36 Å². The molecule has 0 aliphatic carbocycles. The van der Waals surface area contributed by atoms with Gasteiger partial charge in [0.15, 0.2) is 15.8 Å². The number of thiazole rings is 1. The van der Waals surface area contributed by atoms with Crippen molar-refractivity contribution in [2.24, 2.45) is 9.50 Å². The highest BCUT2D eigenvalue weighted by atomic mass is 32.2.